The zero-order valence-corrected chi connectivity index (χ0v) is 11.0. The van der Waals surface area contributed by atoms with Crippen LogP contribution in [0.1, 0.15) is 31.2 Å². The summed E-state index contributed by atoms with van der Waals surface area (Å²) < 4.78 is 1.86. The van der Waals surface area contributed by atoms with Gasteiger partial charge in [0.1, 0.15) is 0 Å². The molecule has 4 heteroatoms. The van der Waals surface area contributed by atoms with Crippen LogP contribution in [0.3, 0.4) is 0 Å². The molecule has 1 aliphatic carbocycles. The van der Waals surface area contributed by atoms with Gasteiger partial charge in [-0.2, -0.15) is 5.10 Å². The molecule has 1 heterocycles. The highest BCUT2D eigenvalue weighted by molar-refractivity contribution is 5.03. The van der Waals surface area contributed by atoms with Crippen molar-refractivity contribution in [3.8, 4) is 0 Å². The fraction of sp³-hybridized carbons (Fsp3) is 0.769. The Balaban J connectivity index is 1.90. The lowest BCUT2D eigenvalue weighted by molar-refractivity contribution is 0.179. The van der Waals surface area contributed by atoms with E-state index < -0.39 is 0 Å². The third-order valence-corrected chi connectivity index (χ3v) is 3.91. The van der Waals surface area contributed by atoms with Gasteiger partial charge in [-0.15, -0.1) is 0 Å². The fourth-order valence-electron chi connectivity index (χ4n) is 3.05. The minimum Gasteiger partial charge on any atom is -0.330 e. The molecule has 17 heavy (non-hydrogen) atoms. The summed E-state index contributed by atoms with van der Waals surface area (Å²) in [5.74, 6) is 0. The van der Waals surface area contributed by atoms with Gasteiger partial charge in [-0.3, -0.25) is 4.68 Å². The van der Waals surface area contributed by atoms with Crippen molar-refractivity contribution in [1.82, 2.24) is 14.7 Å². The number of hydrogen-bond donors (Lipinski definition) is 1. The molecular formula is C13H24N4. The second-order valence-corrected chi connectivity index (χ2v) is 5.61. The summed E-state index contributed by atoms with van der Waals surface area (Å²) in [5, 5.41) is 4.20. The third kappa shape index (κ3) is 3.07. The lowest BCUT2D eigenvalue weighted by Crippen LogP contribution is -2.38. The molecule has 0 saturated heterocycles. The molecule has 1 saturated carbocycles. The average Bonchev–Trinajstić information content (AvgIpc) is 2.89. The first kappa shape index (κ1) is 12.6. The van der Waals surface area contributed by atoms with Gasteiger partial charge in [0.05, 0.1) is 6.20 Å². The molecule has 0 amide bonds. The van der Waals surface area contributed by atoms with Gasteiger partial charge in [0, 0.05) is 31.9 Å². The van der Waals surface area contributed by atoms with E-state index in [4.69, 9.17) is 5.73 Å². The Labute approximate surface area is 104 Å². The monoisotopic (exact) mass is 236 g/mol. The highest BCUT2D eigenvalue weighted by atomic mass is 15.2. The van der Waals surface area contributed by atoms with Crippen molar-refractivity contribution >= 4 is 0 Å². The van der Waals surface area contributed by atoms with Crippen molar-refractivity contribution in [3.05, 3.63) is 18.0 Å². The van der Waals surface area contributed by atoms with E-state index in [1.165, 1.54) is 31.2 Å². The zero-order valence-electron chi connectivity index (χ0n) is 11.0. The van der Waals surface area contributed by atoms with Crippen molar-refractivity contribution in [2.75, 3.05) is 20.1 Å². The lowest BCUT2D eigenvalue weighted by Gasteiger charge is -2.32. The summed E-state index contributed by atoms with van der Waals surface area (Å²) in [6, 6.07) is 0. The van der Waals surface area contributed by atoms with E-state index in [0.29, 0.717) is 5.41 Å². The van der Waals surface area contributed by atoms with Crippen molar-refractivity contribution < 1.29 is 0 Å². The number of hydrogen-bond acceptors (Lipinski definition) is 3. The van der Waals surface area contributed by atoms with Crippen LogP contribution in [0, 0.1) is 5.41 Å². The maximum Gasteiger partial charge on any atom is 0.0534 e. The number of nitrogens with zero attached hydrogens (tertiary/aromatic N) is 3. The van der Waals surface area contributed by atoms with Crippen LogP contribution in [0.5, 0.6) is 0 Å². The van der Waals surface area contributed by atoms with Crippen LogP contribution in [-0.4, -0.2) is 34.8 Å². The second-order valence-electron chi connectivity index (χ2n) is 5.61. The van der Waals surface area contributed by atoms with E-state index in [0.717, 1.165) is 19.6 Å². The molecule has 1 fully saturated rings. The van der Waals surface area contributed by atoms with Crippen molar-refractivity contribution in [2.24, 2.45) is 18.2 Å². The first-order chi connectivity index (χ1) is 8.13. The SMILES string of the molecule is CN(Cc1cnn(C)c1)CC1(CN)CCCC1. The largest absolute Gasteiger partial charge is 0.330 e. The average molecular weight is 236 g/mol. The van der Waals surface area contributed by atoms with E-state index in [2.05, 4.69) is 23.2 Å². The zero-order chi connectivity index (χ0) is 12.3. The van der Waals surface area contributed by atoms with Crippen molar-refractivity contribution in [3.63, 3.8) is 0 Å². The Hall–Kier alpha value is -0.870. The van der Waals surface area contributed by atoms with Gasteiger partial charge in [-0.05, 0) is 31.8 Å². The molecule has 2 rings (SSSR count). The Bertz CT molecular complexity index is 352. The molecule has 1 aromatic heterocycles. The summed E-state index contributed by atoms with van der Waals surface area (Å²) in [4.78, 5) is 2.38. The summed E-state index contributed by atoms with van der Waals surface area (Å²) >= 11 is 0. The van der Waals surface area contributed by atoms with Crippen LogP contribution in [0.15, 0.2) is 12.4 Å². The van der Waals surface area contributed by atoms with E-state index in [9.17, 15) is 0 Å². The predicted molar refractivity (Wildman–Crippen MR) is 69.5 cm³/mol. The summed E-state index contributed by atoms with van der Waals surface area (Å²) in [5.41, 5.74) is 7.62. The topological polar surface area (TPSA) is 47.1 Å². The van der Waals surface area contributed by atoms with E-state index in [1.807, 2.05) is 17.9 Å². The number of aromatic nitrogens is 2. The molecule has 0 bridgehead atoms. The first-order valence-electron chi connectivity index (χ1n) is 6.50. The van der Waals surface area contributed by atoms with Crippen molar-refractivity contribution in [2.45, 2.75) is 32.2 Å². The molecule has 1 aromatic rings. The maximum absolute atomic E-state index is 5.97. The molecule has 0 atom stereocenters. The quantitative estimate of drug-likeness (QED) is 0.840. The molecule has 0 spiro atoms. The first-order valence-corrected chi connectivity index (χ1v) is 6.50. The molecule has 0 aromatic carbocycles. The predicted octanol–water partition coefficient (Wildman–Crippen LogP) is 1.37. The highest BCUT2D eigenvalue weighted by Gasteiger charge is 2.33. The van der Waals surface area contributed by atoms with Gasteiger partial charge in [0.25, 0.3) is 0 Å². The van der Waals surface area contributed by atoms with E-state index >= 15 is 0 Å². The fourth-order valence-corrected chi connectivity index (χ4v) is 3.05. The molecule has 2 N–H and O–H groups in total. The maximum atomic E-state index is 5.97. The standard InChI is InChI=1S/C13H24N4/c1-16(8-12-7-15-17(2)9-12)11-13(10-14)5-3-4-6-13/h7,9H,3-6,8,10-11,14H2,1-2H3. The molecule has 0 unspecified atom stereocenters. The van der Waals surface area contributed by atoms with E-state index in [-0.39, 0.29) is 0 Å². The second kappa shape index (κ2) is 5.19. The molecule has 1 aliphatic rings. The van der Waals surface area contributed by atoms with Crippen LogP contribution in [0.2, 0.25) is 0 Å². The normalized spacial score (nSPS) is 19.1. The summed E-state index contributed by atoms with van der Waals surface area (Å²) in [6.45, 7) is 2.90. The van der Waals surface area contributed by atoms with Crippen LogP contribution >= 0.6 is 0 Å². The van der Waals surface area contributed by atoms with Crippen LogP contribution < -0.4 is 5.73 Å². The minimum atomic E-state index is 0.372. The lowest BCUT2D eigenvalue weighted by atomic mass is 9.86. The van der Waals surface area contributed by atoms with Gasteiger partial charge in [-0.1, -0.05) is 12.8 Å². The minimum absolute atomic E-state index is 0.372. The number of rotatable bonds is 5. The number of nitrogens with two attached hydrogens (primary N) is 1. The summed E-state index contributed by atoms with van der Waals surface area (Å²) in [7, 11) is 4.14. The van der Waals surface area contributed by atoms with Gasteiger partial charge in [0.15, 0.2) is 0 Å². The Morgan fingerprint density at radius 3 is 2.71 bits per heavy atom. The molecule has 0 radical (unpaired) electrons. The van der Waals surface area contributed by atoms with Crippen molar-refractivity contribution in [1.29, 1.82) is 0 Å². The van der Waals surface area contributed by atoms with Crippen LogP contribution in [0.25, 0.3) is 0 Å². The Morgan fingerprint density at radius 2 is 2.18 bits per heavy atom. The van der Waals surface area contributed by atoms with Gasteiger partial charge >= 0.3 is 0 Å². The molecule has 4 nitrogen and oxygen atoms in total. The van der Waals surface area contributed by atoms with E-state index in [1.54, 1.807) is 0 Å². The summed E-state index contributed by atoms with van der Waals surface area (Å²) in [6.07, 6.45) is 9.30. The third-order valence-electron chi connectivity index (χ3n) is 3.91. The Kier molecular flexibility index (Phi) is 3.84. The van der Waals surface area contributed by atoms with Gasteiger partial charge < -0.3 is 10.6 Å². The number of aryl methyl sites for hydroxylation is 1. The molecular weight excluding hydrogens is 212 g/mol. The van der Waals surface area contributed by atoms with Gasteiger partial charge in [0.2, 0.25) is 0 Å². The van der Waals surface area contributed by atoms with Crippen LogP contribution in [-0.2, 0) is 13.6 Å². The smallest absolute Gasteiger partial charge is 0.0534 e. The van der Waals surface area contributed by atoms with Gasteiger partial charge in [-0.25, -0.2) is 0 Å². The highest BCUT2D eigenvalue weighted by Crippen LogP contribution is 2.37. The molecule has 96 valence electrons. The molecule has 0 aliphatic heterocycles. The van der Waals surface area contributed by atoms with Crippen LogP contribution in [0.4, 0.5) is 0 Å². The Morgan fingerprint density at radius 1 is 1.47 bits per heavy atom.